The fourth-order valence-corrected chi connectivity index (χ4v) is 5.25. The number of sulfone groups is 1. The van der Waals surface area contributed by atoms with Crippen molar-refractivity contribution in [2.75, 3.05) is 36.5 Å². The van der Waals surface area contributed by atoms with Gasteiger partial charge in [-0.1, -0.05) is 31.0 Å². The predicted molar refractivity (Wildman–Crippen MR) is 108 cm³/mol. The van der Waals surface area contributed by atoms with E-state index >= 15 is 0 Å². The molecule has 2 heterocycles. The van der Waals surface area contributed by atoms with Crippen molar-refractivity contribution in [2.45, 2.75) is 31.6 Å². The summed E-state index contributed by atoms with van der Waals surface area (Å²) in [7, 11) is -2.95. The summed E-state index contributed by atoms with van der Waals surface area (Å²) in [4.78, 5) is 14.5. The van der Waals surface area contributed by atoms with E-state index in [0.29, 0.717) is 24.8 Å². The van der Waals surface area contributed by atoms with Gasteiger partial charge in [0, 0.05) is 25.1 Å². The molecule has 1 aromatic heterocycles. The zero-order valence-electron chi connectivity index (χ0n) is 15.9. The third kappa shape index (κ3) is 4.44. The van der Waals surface area contributed by atoms with Crippen LogP contribution in [0, 0.1) is 0 Å². The summed E-state index contributed by atoms with van der Waals surface area (Å²) in [5, 5.41) is 7.78. The SMILES string of the molecule is O=C(CN1CCS(=O)(=O)CC1)Nc1cc(C2CCCC2)nn1-c1ccccc1. The molecule has 7 nitrogen and oxygen atoms in total. The van der Waals surface area contributed by atoms with Crippen molar-refractivity contribution in [1.82, 2.24) is 14.7 Å². The zero-order chi connectivity index (χ0) is 19.6. The molecule has 1 saturated heterocycles. The Balaban J connectivity index is 1.50. The molecule has 0 spiro atoms. The zero-order valence-corrected chi connectivity index (χ0v) is 16.7. The fourth-order valence-electron chi connectivity index (χ4n) is 3.97. The first-order valence-corrected chi connectivity index (χ1v) is 11.7. The van der Waals surface area contributed by atoms with Crippen molar-refractivity contribution in [2.24, 2.45) is 0 Å². The van der Waals surface area contributed by atoms with Gasteiger partial charge in [0.2, 0.25) is 5.91 Å². The van der Waals surface area contributed by atoms with Gasteiger partial charge in [0.15, 0.2) is 9.84 Å². The van der Waals surface area contributed by atoms with Crippen molar-refractivity contribution in [3.8, 4) is 5.69 Å². The quantitative estimate of drug-likeness (QED) is 0.829. The van der Waals surface area contributed by atoms with E-state index < -0.39 is 9.84 Å². The highest BCUT2D eigenvalue weighted by molar-refractivity contribution is 7.91. The molecule has 0 atom stereocenters. The van der Waals surface area contributed by atoms with Crippen LogP contribution >= 0.6 is 0 Å². The van der Waals surface area contributed by atoms with Gasteiger partial charge in [-0.3, -0.25) is 9.69 Å². The number of carbonyl (C=O) groups excluding carboxylic acids is 1. The number of carbonyl (C=O) groups is 1. The molecular formula is C20H26N4O3S. The Hall–Kier alpha value is -2.19. The molecule has 8 heteroatoms. The molecule has 0 radical (unpaired) electrons. The fraction of sp³-hybridized carbons (Fsp3) is 0.500. The van der Waals surface area contributed by atoms with E-state index in [9.17, 15) is 13.2 Å². The molecule has 150 valence electrons. The van der Waals surface area contributed by atoms with Crippen LogP contribution in [0.2, 0.25) is 0 Å². The Morgan fingerprint density at radius 2 is 1.79 bits per heavy atom. The molecule has 1 aliphatic carbocycles. The minimum absolute atomic E-state index is 0.119. The summed E-state index contributed by atoms with van der Waals surface area (Å²) >= 11 is 0. The molecule has 1 N–H and O–H groups in total. The van der Waals surface area contributed by atoms with Crippen molar-refractivity contribution >= 4 is 21.6 Å². The first-order valence-electron chi connectivity index (χ1n) is 9.88. The van der Waals surface area contributed by atoms with Gasteiger partial charge in [-0.2, -0.15) is 5.10 Å². The van der Waals surface area contributed by atoms with Crippen LogP contribution in [0.25, 0.3) is 5.69 Å². The Morgan fingerprint density at radius 1 is 1.11 bits per heavy atom. The summed E-state index contributed by atoms with van der Waals surface area (Å²) in [6.07, 6.45) is 4.73. The van der Waals surface area contributed by atoms with Crippen LogP contribution in [-0.2, 0) is 14.6 Å². The Labute approximate surface area is 165 Å². The van der Waals surface area contributed by atoms with Crippen LogP contribution in [0.3, 0.4) is 0 Å². The summed E-state index contributed by atoms with van der Waals surface area (Å²) in [6.45, 7) is 0.996. The van der Waals surface area contributed by atoms with Gasteiger partial charge < -0.3 is 5.32 Å². The molecule has 28 heavy (non-hydrogen) atoms. The molecular weight excluding hydrogens is 376 g/mol. The maximum Gasteiger partial charge on any atom is 0.239 e. The van der Waals surface area contributed by atoms with E-state index in [-0.39, 0.29) is 24.0 Å². The molecule has 2 aliphatic rings. The maximum absolute atomic E-state index is 12.6. The molecule has 2 fully saturated rings. The first-order chi connectivity index (χ1) is 13.5. The molecule has 4 rings (SSSR count). The maximum atomic E-state index is 12.6. The number of benzene rings is 1. The minimum atomic E-state index is -2.95. The number of amides is 1. The van der Waals surface area contributed by atoms with Gasteiger partial charge in [0.05, 0.1) is 29.4 Å². The van der Waals surface area contributed by atoms with Gasteiger partial charge in [-0.05, 0) is 25.0 Å². The average Bonchev–Trinajstić information content (AvgIpc) is 3.34. The molecule has 1 saturated carbocycles. The number of rotatable bonds is 5. The van der Waals surface area contributed by atoms with Crippen LogP contribution in [0.1, 0.15) is 37.3 Å². The van der Waals surface area contributed by atoms with Gasteiger partial charge in [-0.15, -0.1) is 0 Å². The van der Waals surface area contributed by atoms with Crippen molar-refractivity contribution in [3.63, 3.8) is 0 Å². The second kappa shape index (κ2) is 8.05. The topological polar surface area (TPSA) is 84.3 Å². The lowest BCUT2D eigenvalue weighted by Crippen LogP contribution is -2.44. The third-order valence-electron chi connectivity index (χ3n) is 5.57. The second-order valence-electron chi connectivity index (χ2n) is 7.66. The summed E-state index contributed by atoms with van der Waals surface area (Å²) in [6, 6.07) is 11.8. The van der Waals surface area contributed by atoms with Crippen LogP contribution in [0.5, 0.6) is 0 Å². The molecule has 2 aromatic rings. The minimum Gasteiger partial charge on any atom is -0.309 e. The highest BCUT2D eigenvalue weighted by Gasteiger charge is 2.25. The van der Waals surface area contributed by atoms with E-state index in [1.165, 1.54) is 12.8 Å². The molecule has 0 unspecified atom stereocenters. The highest BCUT2D eigenvalue weighted by Crippen LogP contribution is 2.35. The standard InChI is InChI=1S/C20H26N4O3S/c25-20(15-23-10-12-28(26,27)13-11-23)21-19-14-18(16-6-4-5-7-16)22-24(19)17-8-2-1-3-9-17/h1-3,8-9,14,16H,4-7,10-13,15H2,(H,21,25). The largest absolute Gasteiger partial charge is 0.309 e. The first kappa shape index (κ1) is 19.1. The van der Waals surface area contributed by atoms with Crippen LogP contribution in [0.4, 0.5) is 5.82 Å². The molecule has 1 aromatic carbocycles. The Morgan fingerprint density at radius 3 is 2.46 bits per heavy atom. The monoisotopic (exact) mass is 402 g/mol. The lowest BCUT2D eigenvalue weighted by molar-refractivity contribution is -0.117. The number of hydrogen-bond donors (Lipinski definition) is 1. The molecule has 0 bridgehead atoms. The number of para-hydroxylation sites is 1. The van der Waals surface area contributed by atoms with Crippen LogP contribution in [-0.4, -0.2) is 60.1 Å². The average molecular weight is 403 g/mol. The number of nitrogens with one attached hydrogen (secondary N) is 1. The summed E-state index contributed by atoms with van der Waals surface area (Å²) in [5.74, 6) is 1.22. The van der Waals surface area contributed by atoms with Crippen molar-refractivity contribution < 1.29 is 13.2 Å². The van der Waals surface area contributed by atoms with Gasteiger partial charge in [-0.25, -0.2) is 13.1 Å². The normalized spacial score (nSPS) is 20.3. The summed E-state index contributed by atoms with van der Waals surface area (Å²) < 4.78 is 24.9. The van der Waals surface area contributed by atoms with Crippen LogP contribution < -0.4 is 5.32 Å². The van der Waals surface area contributed by atoms with Crippen LogP contribution in [0.15, 0.2) is 36.4 Å². The van der Waals surface area contributed by atoms with Gasteiger partial charge >= 0.3 is 0 Å². The molecule has 1 aliphatic heterocycles. The van der Waals surface area contributed by atoms with Gasteiger partial charge in [0.1, 0.15) is 5.82 Å². The third-order valence-corrected chi connectivity index (χ3v) is 7.18. The number of aromatic nitrogens is 2. The van der Waals surface area contributed by atoms with Crippen molar-refractivity contribution in [3.05, 3.63) is 42.1 Å². The number of nitrogens with zero attached hydrogens (tertiary/aromatic N) is 3. The Bertz CT molecular complexity index is 920. The van der Waals surface area contributed by atoms with E-state index in [0.717, 1.165) is 24.2 Å². The highest BCUT2D eigenvalue weighted by atomic mass is 32.2. The molecule has 1 amide bonds. The predicted octanol–water partition coefficient (Wildman–Crippen LogP) is 2.20. The Kier molecular flexibility index (Phi) is 5.50. The van der Waals surface area contributed by atoms with E-state index in [4.69, 9.17) is 5.10 Å². The number of hydrogen-bond acceptors (Lipinski definition) is 5. The van der Waals surface area contributed by atoms with Crippen molar-refractivity contribution in [1.29, 1.82) is 0 Å². The van der Waals surface area contributed by atoms with E-state index in [1.54, 1.807) is 4.68 Å². The van der Waals surface area contributed by atoms with E-state index in [1.807, 2.05) is 41.3 Å². The second-order valence-corrected chi connectivity index (χ2v) is 9.96. The van der Waals surface area contributed by atoms with E-state index in [2.05, 4.69) is 5.32 Å². The summed E-state index contributed by atoms with van der Waals surface area (Å²) in [5.41, 5.74) is 1.94. The smallest absolute Gasteiger partial charge is 0.239 e. The lowest BCUT2D eigenvalue weighted by atomic mass is 10.0. The lowest BCUT2D eigenvalue weighted by Gasteiger charge is -2.25. The van der Waals surface area contributed by atoms with Gasteiger partial charge in [0.25, 0.3) is 0 Å². The number of anilines is 1.